The van der Waals surface area contributed by atoms with Crippen LogP contribution in [0.1, 0.15) is 51.9 Å². The summed E-state index contributed by atoms with van der Waals surface area (Å²) in [6, 6.07) is 0.283. The number of nitrogens with zero attached hydrogens (tertiary/aromatic N) is 2. The molecule has 14 heavy (non-hydrogen) atoms. The highest BCUT2D eigenvalue weighted by Gasteiger charge is 2.02. The lowest BCUT2D eigenvalue weighted by molar-refractivity contribution is -0.107. The fraction of sp³-hybridized carbons (Fsp3) is 0.900. The van der Waals surface area contributed by atoms with Crippen molar-refractivity contribution < 1.29 is 4.79 Å². The number of hydrogen-bond donors (Lipinski definition) is 1. The summed E-state index contributed by atoms with van der Waals surface area (Å²) >= 11 is 0. The van der Waals surface area contributed by atoms with Crippen LogP contribution in [0.2, 0.25) is 0 Å². The molecule has 0 amide bonds. The third-order valence-electron chi connectivity index (χ3n) is 2.31. The molecule has 0 aromatic heterocycles. The number of unbranched alkanes of at least 4 members (excludes halogenated alkanes) is 4. The predicted molar refractivity (Wildman–Crippen MR) is 56.9 cm³/mol. The highest BCUT2D eigenvalue weighted by molar-refractivity contribution is 5.48. The predicted octanol–water partition coefficient (Wildman–Crippen LogP) is 2.63. The van der Waals surface area contributed by atoms with Crippen molar-refractivity contribution in [1.82, 2.24) is 0 Å². The van der Waals surface area contributed by atoms with Crippen LogP contribution < -0.4 is 5.84 Å². The zero-order chi connectivity index (χ0) is 10.6. The SMILES string of the molecule is CCC(CCCCCCC=O)N=NN. The van der Waals surface area contributed by atoms with Gasteiger partial charge in [0.15, 0.2) is 0 Å². The molecule has 1 atom stereocenters. The first kappa shape index (κ1) is 13.1. The molecule has 0 spiro atoms. The molecular formula is C10H21N3O. The van der Waals surface area contributed by atoms with Crippen molar-refractivity contribution in [2.75, 3.05) is 0 Å². The topological polar surface area (TPSA) is 67.8 Å². The van der Waals surface area contributed by atoms with Crippen molar-refractivity contribution in [2.45, 2.75) is 57.9 Å². The molecule has 0 rings (SSSR count). The van der Waals surface area contributed by atoms with E-state index in [1.54, 1.807) is 0 Å². The molecule has 4 nitrogen and oxygen atoms in total. The molecule has 4 heteroatoms. The largest absolute Gasteiger partial charge is 0.305 e. The normalized spacial score (nSPS) is 13.2. The van der Waals surface area contributed by atoms with Gasteiger partial charge in [0.25, 0.3) is 0 Å². The lowest BCUT2D eigenvalue weighted by Gasteiger charge is -2.06. The first-order chi connectivity index (χ1) is 6.85. The molecular weight excluding hydrogens is 178 g/mol. The Bertz CT molecular complexity index is 159. The standard InChI is InChI=1S/C10H21N3O/c1-2-10(12-13-11)8-6-4-3-5-7-9-14/h9-10H,2-8H2,1H3,(H2,11,12). The molecule has 0 aliphatic heterocycles. The number of aldehydes is 1. The fourth-order valence-corrected chi connectivity index (χ4v) is 1.40. The van der Waals surface area contributed by atoms with Crippen LogP contribution in [-0.2, 0) is 4.79 Å². The van der Waals surface area contributed by atoms with Gasteiger partial charge in [-0.1, -0.05) is 31.4 Å². The average molecular weight is 199 g/mol. The van der Waals surface area contributed by atoms with E-state index in [2.05, 4.69) is 17.3 Å². The minimum atomic E-state index is 0.283. The number of rotatable bonds is 9. The lowest BCUT2D eigenvalue weighted by atomic mass is 10.1. The molecule has 0 fully saturated rings. The molecule has 0 aromatic carbocycles. The summed E-state index contributed by atoms with van der Waals surface area (Å²) in [6.45, 7) is 2.09. The number of nitrogens with two attached hydrogens (primary N) is 1. The van der Waals surface area contributed by atoms with E-state index < -0.39 is 0 Å². The van der Waals surface area contributed by atoms with E-state index in [9.17, 15) is 4.79 Å². The van der Waals surface area contributed by atoms with Crippen LogP contribution in [0.3, 0.4) is 0 Å². The van der Waals surface area contributed by atoms with Gasteiger partial charge in [-0.25, -0.2) is 0 Å². The molecule has 0 aliphatic carbocycles. The van der Waals surface area contributed by atoms with Crippen molar-refractivity contribution in [2.24, 2.45) is 16.2 Å². The minimum absolute atomic E-state index is 0.283. The van der Waals surface area contributed by atoms with E-state index >= 15 is 0 Å². The van der Waals surface area contributed by atoms with Crippen LogP contribution in [-0.4, -0.2) is 12.3 Å². The first-order valence-electron chi connectivity index (χ1n) is 5.38. The van der Waals surface area contributed by atoms with Gasteiger partial charge >= 0.3 is 0 Å². The summed E-state index contributed by atoms with van der Waals surface area (Å²) in [6.07, 6.45) is 8.19. The van der Waals surface area contributed by atoms with Crippen molar-refractivity contribution in [3.63, 3.8) is 0 Å². The Kier molecular flexibility index (Phi) is 9.48. The summed E-state index contributed by atoms with van der Waals surface area (Å²) in [5, 5.41) is 7.24. The zero-order valence-electron chi connectivity index (χ0n) is 8.98. The summed E-state index contributed by atoms with van der Waals surface area (Å²) < 4.78 is 0. The average Bonchev–Trinajstić information content (AvgIpc) is 2.21. The smallest absolute Gasteiger partial charge is 0.119 e. The highest BCUT2D eigenvalue weighted by atomic mass is 16.1. The number of carbonyl (C=O) groups is 1. The van der Waals surface area contributed by atoms with Gasteiger partial charge in [0.1, 0.15) is 6.29 Å². The van der Waals surface area contributed by atoms with E-state index in [1.165, 1.54) is 6.42 Å². The lowest BCUT2D eigenvalue weighted by Crippen LogP contribution is -2.02. The van der Waals surface area contributed by atoms with Crippen LogP contribution in [0.25, 0.3) is 0 Å². The third-order valence-corrected chi connectivity index (χ3v) is 2.31. The number of carbonyl (C=O) groups excluding carboxylic acids is 1. The third kappa shape index (κ3) is 7.71. The van der Waals surface area contributed by atoms with Crippen molar-refractivity contribution >= 4 is 6.29 Å². The van der Waals surface area contributed by atoms with E-state index in [0.29, 0.717) is 6.42 Å². The Balaban J connectivity index is 3.28. The van der Waals surface area contributed by atoms with Gasteiger partial charge in [0, 0.05) is 6.42 Å². The van der Waals surface area contributed by atoms with Gasteiger partial charge in [-0.15, -0.1) is 0 Å². The van der Waals surface area contributed by atoms with Gasteiger partial charge in [-0.3, -0.25) is 0 Å². The van der Waals surface area contributed by atoms with Crippen molar-refractivity contribution in [3.8, 4) is 0 Å². The van der Waals surface area contributed by atoms with Gasteiger partial charge in [-0.2, -0.15) is 5.11 Å². The summed E-state index contributed by atoms with van der Waals surface area (Å²) in [4.78, 5) is 10.0. The maximum absolute atomic E-state index is 10.0. The maximum Gasteiger partial charge on any atom is 0.119 e. The Morgan fingerprint density at radius 3 is 2.57 bits per heavy atom. The van der Waals surface area contributed by atoms with Crippen LogP contribution in [0.5, 0.6) is 0 Å². The van der Waals surface area contributed by atoms with E-state index in [-0.39, 0.29) is 6.04 Å². The number of hydrogen-bond acceptors (Lipinski definition) is 3. The first-order valence-corrected chi connectivity index (χ1v) is 5.38. The van der Waals surface area contributed by atoms with Crippen LogP contribution in [0, 0.1) is 0 Å². The van der Waals surface area contributed by atoms with Crippen molar-refractivity contribution in [1.29, 1.82) is 0 Å². The highest BCUT2D eigenvalue weighted by Crippen LogP contribution is 2.11. The quantitative estimate of drug-likeness (QED) is 0.204. The Morgan fingerprint density at radius 2 is 2.00 bits per heavy atom. The summed E-state index contributed by atoms with van der Waals surface area (Å²) in [7, 11) is 0. The van der Waals surface area contributed by atoms with Gasteiger partial charge in [-0.05, 0) is 19.3 Å². The van der Waals surface area contributed by atoms with Crippen molar-refractivity contribution in [3.05, 3.63) is 0 Å². The second kappa shape index (κ2) is 10.2. The molecule has 0 saturated carbocycles. The molecule has 0 radical (unpaired) electrons. The summed E-state index contributed by atoms with van der Waals surface area (Å²) in [5.41, 5.74) is 0. The molecule has 1 unspecified atom stereocenters. The van der Waals surface area contributed by atoms with Crippen LogP contribution >= 0.6 is 0 Å². The monoisotopic (exact) mass is 199 g/mol. The van der Waals surface area contributed by atoms with Gasteiger partial charge in [0.2, 0.25) is 0 Å². The van der Waals surface area contributed by atoms with E-state index in [1.807, 2.05) is 0 Å². The van der Waals surface area contributed by atoms with E-state index in [0.717, 1.165) is 38.4 Å². The fourth-order valence-electron chi connectivity index (χ4n) is 1.40. The molecule has 2 N–H and O–H groups in total. The molecule has 0 saturated heterocycles. The molecule has 0 aliphatic rings. The second-order valence-electron chi connectivity index (χ2n) is 3.45. The second-order valence-corrected chi connectivity index (χ2v) is 3.45. The Hall–Kier alpha value is -0.930. The summed E-state index contributed by atoms with van der Waals surface area (Å²) in [5.74, 6) is 4.99. The Morgan fingerprint density at radius 1 is 1.29 bits per heavy atom. The molecule has 0 heterocycles. The molecule has 82 valence electrons. The minimum Gasteiger partial charge on any atom is -0.305 e. The van der Waals surface area contributed by atoms with Gasteiger partial charge in [0.05, 0.1) is 6.04 Å². The Labute approximate surface area is 85.9 Å². The van der Waals surface area contributed by atoms with Gasteiger partial charge < -0.3 is 10.6 Å². The zero-order valence-corrected chi connectivity index (χ0v) is 8.98. The van der Waals surface area contributed by atoms with Crippen LogP contribution in [0.4, 0.5) is 0 Å². The molecule has 0 bridgehead atoms. The molecule has 0 aromatic rings. The van der Waals surface area contributed by atoms with E-state index in [4.69, 9.17) is 5.84 Å². The maximum atomic E-state index is 10.0. The van der Waals surface area contributed by atoms with Crippen LogP contribution in [0.15, 0.2) is 10.3 Å².